The Morgan fingerprint density at radius 1 is 0.808 bits per heavy atom. The van der Waals surface area contributed by atoms with Crippen LogP contribution in [0.3, 0.4) is 0 Å². The third-order valence-corrected chi connectivity index (χ3v) is 3.88. The summed E-state index contributed by atoms with van der Waals surface area (Å²) in [6, 6.07) is 0. The molecular weight excluding hydrogens is 337 g/mol. The Morgan fingerprint density at radius 2 is 1.38 bits per heavy atom. The van der Waals surface area contributed by atoms with Gasteiger partial charge in [-0.2, -0.15) is 0 Å². The van der Waals surface area contributed by atoms with E-state index in [1.807, 2.05) is 0 Å². The molecule has 4 nitrogen and oxygen atoms in total. The zero-order chi connectivity index (χ0) is 18.6. The number of allylic oxidation sites excluding steroid dienone is 4. The Morgan fingerprint density at radius 3 is 2.00 bits per heavy atom. The molecule has 0 aromatic rings. The zero-order valence-corrected chi connectivity index (χ0v) is 19.2. The van der Waals surface area contributed by atoms with E-state index in [0.717, 1.165) is 32.1 Å². The molecule has 5 heteroatoms. The fourth-order valence-corrected chi connectivity index (χ4v) is 2.44. The fraction of sp³-hybridized carbons (Fsp3) is 0.714. The van der Waals surface area contributed by atoms with Gasteiger partial charge in [0.15, 0.2) is 0 Å². The first-order valence-electron chi connectivity index (χ1n) is 9.88. The summed E-state index contributed by atoms with van der Waals surface area (Å²) in [6.07, 6.45) is 22.0. The summed E-state index contributed by atoms with van der Waals surface area (Å²) in [5.74, 6) is -0.916. The van der Waals surface area contributed by atoms with Gasteiger partial charge in [0.2, 0.25) is 0 Å². The number of ether oxygens (including phenoxy) is 1. The third kappa shape index (κ3) is 21.6. The first-order chi connectivity index (χ1) is 12.2. The van der Waals surface area contributed by atoms with Crippen LogP contribution in [0.5, 0.6) is 0 Å². The molecule has 0 aromatic carbocycles. The molecule has 0 aliphatic rings. The van der Waals surface area contributed by atoms with E-state index in [1.165, 1.54) is 38.5 Å². The van der Waals surface area contributed by atoms with Crippen molar-refractivity contribution in [3.05, 3.63) is 24.3 Å². The fourth-order valence-electron chi connectivity index (χ4n) is 2.44. The number of rotatable bonds is 16. The van der Waals surface area contributed by atoms with Gasteiger partial charge in [-0.05, 0) is 45.6 Å². The molecule has 0 bridgehead atoms. The van der Waals surface area contributed by atoms with E-state index in [9.17, 15) is 9.59 Å². The second kappa shape index (κ2) is 22.6. The van der Waals surface area contributed by atoms with Crippen molar-refractivity contribution < 1.29 is 14.3 Å². The molecule has 0 spiro atoms. The van der Waals surface area contributed by atoms with Crippen LogP contribution < -0.4 is 5.32 Å². The first kappa shape index (κ1) is 27.8. The molecule has 0 unspecified atom stereocenters. The van der Waals surface area contributed by atoms with Crippen LogP contribution in [0.2, 0.25) is 0 Å². The van der Waals surface area contributed by atoms with Crippen molar-refractivity contribution in [2.45, 2.75) is 84.0 Å². The molecule has 26 heavy (non-hydrogen) atoms. The van der Waals surface area contributed by atoms with Gasteiger partial charge in [0.1, 0.15) is 0 Å². The van der Waals surface area contributed by atoms with Gasteiger partial charge in [-0.25, -0.2) is 0 Å². The molecule has 0 saturated heterocycles. The molecule has 0 rings (SSSR count). The summed E-state index contributed by atoms with van der Waals surface area (Å²) in [4.78, 5) is 22.5. The molecule has 0 fully saturated rings. The van der Waals surface area contributed by atoms with Crippen LogP contribution in [-0.4, -0.2) is 55.1 Å². The van der Waals surface area contributed by atoms with Crippen molar-refractivity contribution >= 4 is 41.5 Å². The molecule has 0 aliphatic heterocycles. The van der Waals surface area contributed by atoms with Crippen molar-refractivity contribution in [1.29, 1.82) is 0 Å². The third-order valence-electron chi connectivity index (χ3n) is 3.88. The van der Waals surface area contributed by atoms with Gasteiger partial charge in [0.05, 0.1) is 6.54 Å². The van der Waals surface area contributed by atoms with E-state index in [4.69, 9.17) is 0 Å². The quantitative estimate of drug-likeness (QED) is 0.140. The maximum atomic E-state index is 11.4. The minimum absolute atomic E-state index is 0. The van der Waals surface area contributed by atoms with Crippen LogP contribution in [-0.2, 0) is 14.3 Å². The van der Waals surface area contributed by atoms with E-state index >= 15 is 0 Å². The molecule has 1 N–H and O–H groups in total. The molecule has 0 heterocycles. The largest absolute Gasteiger partial charge is 0.392 e. The Labute approximate surface area is 182 Å². The average molecular weight is 375 g/mol. The van der Waals surface area contributed by atoms with Gasteiger partial charge >= 0.3 is 11.9 Å². The second-order valence-electron chi connectivity index (χ2n) is 6.36. The van der Waals surface area contributed by atoms with Gasteiger partial charge in [0, 0.05) is 36.0 Å². The van der Waals surface area contributed by atoms with E-state index in [1.54, 1.807) is 7.05 Å². The number of likely N-dealkylation sites (N-methyl/N-ethyl adjacent to an activating group) is 1. The van der Waals surface area contributed by atoms with Crippen LogP contribution >= 0.6 is 0 Å². The van der Waals surface area contributed by atoms with Crippen LogP contribution in [0, 0.1) is 0 Å². The Balaban J connectivity index is 0. The Bertz CT molecular complexity index is 395. The van der Waals surface area contributed by atoms with Crippen LogP contribution in [0.1, 0.15) is 84.0 Å². The van der Waals surface area contributed by atoms with Gasteiger partial charge in [-0.3, -0.25) is 9.59 Å². The number of unbranched alkanes of at least 4 members (excludes halogenated alkanes) is 8. The Hall–Kier alpha value is -0.420. The van der Waals surface area contributed by atoms with E-state index in [0.29, 0.717) is 6.42 Å². The summed E-state index contributed by atoms with van der Waals surface area (Å²) >= 11 is 0. The smallest absolute Gasteiger partial charge is 0.327 e. The van der Waals surface area contributed by atoms with E-state index in [-0.39, 0.29) is 36.1 Å². The molecule has 0 saturated carbocycles. The van der Waals surface area contributed by atoms with Gasteiger partial charge in [-0.1, -0.05) is 63.3 Å². The normalized spacial score (nSPS) is 11.0. The Kier molecular flexibility index (Phi) is 24.2. The summed E-state index contributed by atoms with van der Waals surface area (Å²) in [7, 11) is 1.65. The van der Waals surface area contributed by atoms with Crippen molar-refractivity contribution in [1.82, 2.24) is 5.32 Å². The molecule has 0 amide bonds. The molecule has 1 radical (unpaired) electrons. The minimum atomic E-state index is -0.505. The van der Waals surface area contributed by atoms with Crippen LogP contribution in [0.25, 0.3) is 0 Å². The standard InChI is InChI=1S/C21H37NO3.Na/c1-3-4-5-6-7-8-9-10-11-12-13-14-15-16-17-18-20(23)25-21(24)19-22-2;/h7-8,10-11,22H,3-6,9,12-19H2,1-2H3;/b8-7-,11-10-;. The average Bonchev–Trinajstić information content (AvgIpc) is 2.58. The SMILES string of the molecule is CCCCC/C=C\C/C=C\CCCCCCCC(=O)OC(=O)CNC.[Na]. The van der Waals surface area contributed by atoms with Crippen LogP contribution in [0.15, 0.2) is 24.3 Å². The minimum Gasteiger partial charge on any atom is -0.392 e. The summed E-state index contributed by atoms with van der Waals surface area (Å²) in [5.41, 5.74) is 0. The van der Waals surface area contributed by atoms with Gasteiger partial charge < -0.3 is 10.1 Å². The van der Waals surface area contributed by atoms with Gasteiger partial charge in [-0.15, -0.1) is 0 Å². The van der Waals surface area contributed by atoms with Crippen LogP contribution in [0.4, 0.5) is 0 Å². The predicted octanol–water partition coefficient (Wildman–Crippen LogP) is 4.71. The van der Waals surface area contributed by atoms with Crippen molar-refractivity contribution in [3.8, 4) is 0 Å². The molecule has 0 aromatic heterocycles. The zero-order valence-electron chi connectivity index (χ0n) is 17.2. The molecular formula is C21H37NNaO3. The van der Waals surface area contributed by atoms with E-state index in [2.05, 4.69) is 41.3 Å². The summed E-state index contributed by atoms with van der Waals surface area (Å²) in [5, 5.41) is 2.66. The van der Waals surface area contributed by atoms with Crippen molar-refractivity contribution in [2.75, 3.05) is 13.6 Å². The van der Waals surface area contributed by atoms with Crippen molar-refractivity contribution in [2.24, 2.45) is 0 Å². The number of carbonyl (C=O) groups is 2. The van der Waals surface area contributed by atoms with Crippen molar-refractivity contribution in [3.63, 3.8) is 0 Å². The van der Waals surface area contributed by atoms with E-state index < -0.39 is 11.9 Å². The van der Waals surface area contributed by atoms with Gasteiger partial charge in [0.25, 0.3) is 0 Å². The monoisotopic (exact) mass is 374 g/mol. The first-order valence-corrected chi connectivity index (χ1v) is 9.88. The topological polar surface area (TPSA) is 55.4 Å². The number of hydrogen-bond acceptors (Lipinski definition) is 4. The maximum absolute atomic E-state index is 11.4. The number of carbonyl (C=O) groups excluding carboxylic acids is 2. The summed E-state index contributed by atoms with van der Waals surface area (Å²) < 4.78 is 4.65. The number of hydrogen-bond donors (Lipinski definition) is 1. The second-order valence-corrected chi connectivity index (χ2v) is 6.36. The summed E-state index contributed by atoms with van der Waals surface area (Å²) in [6.45, 7) is 2.31. The number of nitrogens with one attached hydrogen (secondary N) is 1. The predicted molar refractivity (Wildman–Crippen MR) is 110 cm³/mol. The number of esters is 2. The molecule has 0 atom stereocenters. The maximum Gasteiger partial charge on any atom is 0.327 e. The molecule has 0 aliphatic carbocycles. The molecule has 145 valence electrons.